The molecule has 1 amide bonds. The molecule has 0 spiro atoms. The average molecular weight is 343 g/mol. The summed E-state index contributed by atoms with van der Waals surface area (Å²) >= 11 is 1.55. The fourth-order valence-electron chi connectivity index (χ4n) is 2.40. The van der Waals surface area contributed by atoms with Gasteiger partial charge in [0.05, 0.1) is 11.8 Å². The predicted molar refractivity (Wildman–Crippen MR) is 95.9 cm³/mol. The first-order chi connectivity index (χ1) is 11.6. The monoisotopic (exact) mass is 343 g/mol. The van der Waals surface area contributed by atoms with Gasteiger partial charge in [0.15, 0.2) is 11.5 Å². The lowest BCUT2D eigenvalue weighted by atomic mass is 10.2. The maximum Gasteiger partial charge on any atom is 0.233 e. The molecule has 126 valence electrons. The van der Waals surface area contributed by atoms with Crippen molar-refractivity contribution in [2.24, 2.45) is 0 Å². The van der Waals surface area contributed by atoms with E-state index in [-0.39, 0.29) is 17.3 Å². The summed E-state index contributed by atoms with van der Waals surface area (Å²) in [4.78, 5) is 13.4. The number of nitrogens with one attached hydrogen (secondary N) is 1. The largest absolute Gasteiger partial charge is 0.486 e. The van der Waals surface area contributed by atoms with Crippen LogP contribution in [0.2, 0.25) is 0 Å². The number of hydrogen-bond donors (Lipinski definition) is 1. The molecule has 0 aromatic heterocycles. The van der Waals surface area contributed by atoms with E-state index >= 15 is 0 Å². The van der Waals surface area contributed by atoms with Crippen molar-refractivity contribution in [1.29, 1.82) is 0 Å². The minimum atomic E-state index is -0.166. The predicted octanol–water partition coefficient (Wildman–Crippen LogP) is 3.43. The van der Waals surface area contributed by atoms with Crippen molar-refractivity contribution in [1.82, 2.24) is 5.32 Å². The number of thioether (sulfide) groups is 1. The van der Waals surface area contributed by atoms with Gasteiger partial charge in [0.1, 0.15) is 12.7 Å². The van der Waals surface area contributed by atoms with Crippen molar-refractivity contribution >= 4 is 17.7 Å². The summed E-state index contributed by atoms with van der Waals surface area (Å²) < 4.78 is 11.5. The Hall–Kier alpha value is -2.14. The van der Waals surface area contributed by atoms with Crippen LogP contribution in [0.25, 0.3) is 0 Å². The molecular weight excluding hydrogens is 322 g/mol. The molecule has 5 heteroatoms. The third kappa shape index (κ3) is 4.23. The minimum Gasteiger partial charge on any atom is -0.486 e. The Kier molecular flexibility index (Phi) is 5.30. The number of fused-ring (bicyclic) bond motifs is 1. The molecule has 3 rings (SSSR count). The Balaban J connectivity index is 1.48. The average Bonchev–Trinajstić information content (AvgIpc) is 2.61. The lowest BCUT2D eigenvalue weighted by molar-refractivity contribution is -0.120. The first-order valence-electron chi connectivity index (χ1n) is 8.01. The lowest BCUT2D eigenvalue weighted by Gasteiger charge is -2.26. The molecule has 0 saturated heterocycles. The van der Waals surface area contributed by atoms with E-state index < -0.39 is 0 Å². The van der Waals surface area contributed by atoms with Crippen molar-refractivity contribution in [2.75, 3.05) is 13.2 Å². The fourth-order valence-corrected chi connectivity index (χ4v) is 3.29. The highest BCUT2D eigenvalue weighted by Gasteiger charge is 2.22. The summed E-state index contributed by atoms with van der Waals surface area (Å²) in [5.74, 6) is 1.48. The van der Waals surface area contributed by atoms with E-state index in [2.05, 4.69) is 24.4 Å². The molecule has 0 radical (unpaired) electrons. The third-order valence-corrected chi connectivity index (χ3v) is 4.89. The summed E-state index contributed by atoms with van der Waals surface area (Å²) in [7, 11) is 0. The number of amides is 1. The van der Waals surface area contributed by atoms with Gasteiger partial charge in [0.2, 0.25) is 5.91 Å². The molecule has 0 saturated carbocycles. The second-order valence-electron chi connectivity index (χ2n) is 5.82. The lowest BCUT2D eigenvalue weighted by Crippen LogP contribution is -2.42. The topological polar surface area (TPSA) is 47.6 Å². The van der Waals surface area contributed by atoms with Gasteiger partial charge in [-0.25, -0.2) is 0 Å². The number of aryl methyl sites for hydroxylation is 1. The Morgan fingerprint density at radius 2 is 1.92 bits per heavy atom. The molecule has 0 unspecified atom stereocenters. The molecule has 0 bridgehead atoms. The summed E-state index contributed by atoms with van der Waals surface area (Å²) in [6.45, 7) is 4.84. The molecule has 24 heavy (non-hydrogen) atoms. The highest BCUT2D eigenvalue weighted by Crippen LogP contribution is 2.30. The van der Waals surface area contributed by atoms with E-state index in [1.54, 1.807) is 11.8 Å². The van der Waals surface area contributed by atoms with Gasteiger partial charge in [-0.15, -0.1) is 11.8 Å². The van der Waals surface area contributed by atoms with Crippen LogP contribution in [0.4, 0.5) is 0 Å². The maximum atomic E-state index is 12.3. The van der Waals surface area contributed by atoms with Crippen LogP contribution in [-0.4, -0.2) is 30.4 Å². The maximum absolute atomic E-state index is 12.3. The van der Waals surface area contributed by atoms with Crippen LogP contribution < -0.4 is 14.8 Å². The Bertz CT molecular complexity index is 702. The van der Waals surface area contributed by atoms with E-state index in [4.69, 9.17) is 9.47 Å². The number of carbonyl (C=O) groups excluding carboxylic acids is 1. The Labute approximate surface area is 146 Å². The molecule has 0 aliphatic carbocycles. The number of benzene rings is 2. The van der Waals surface area contributed by atoms with Crippen LogP contribution in [0.15, 0.2) is 53.4 Å². The minimum absolute atomic E-state index is 0.00281. The molecule has 0 fully saturated rings. The van der Waals surface area contributed by atoms with E-state index in [9.17, 15) is 4.79 Å². The van der Waals surface area contributed by atoms with Crippen LogP contribution in [0.3, 0.4) is 0 Å². The van der Waals surface area contributed by atoms with Gasteiger partial charge in [0.25, 0.3) is 0 Å². The van der Waals surface area contributed by atoms with Crippen LogP contribution >= 0.6 is 11.8 Å². The number of ether oxygens (including phenoxy) is 2. The highest BCUT2D eigenvalue weighted by molar-refractivity contribution is 8.00. The normalized spacial score (nSPS) is 17.2. The first-order valence-corrected chi connectivity index (χ1v) is 8.89. The Morgan fingerprint density at radius 3 is 2.67 bits per heavy atom. The summed E-state index contributed by atoms with van der Waals surface area (Å²) in [5, 5.41) is 2.79. The van der Waals surface area contributed by atoms with Crippen molar-refractivity contribution < 1.29 is 14.3 Å². The number of hydrogen-bond acceptors (Lipinski definition) is 4. The van der Waals surface area contributed by atoms with Crippen LogP contribution in [0.5, 0.6) is 11.5 Å². The molecule has 1 heterocycles. The quantitative estimate of drug-likeness (QED) is 0.845. The second-order valence-corrected chi connectivity index (χ2v) is 7.23. The zero-order valence-electron chi connectivity index (χ0n) is 13.8. The second kappa shape index (κ2) is 7.62. The van der Waals surface area contributed by atoms with Crippen molar-refractivity contribution in [2.45, 2.75) is 30.1 Å². The van der Waals surface area contributed by atoms with Crippen LogP contribution in [0.1, 0.15) is 12.5 Å². The van der Waals surface area contributed by atoms with Gasteiger partial charge in [-0.1, -0.05) is 29.8 Å². The number of carbonyl (C=O) groups is 1. The van der Waals surface area contributed by atoms with Gasteiger partial charge in [-0.2, -0.15) is 0 Å². The first kappa shape index (κ1) is 16.7. The summed E-state index contributed by atoms with van der Waals surface area (Å²) in [6, 6.07) is 15.8. The standard InChI is InChI=1S/C19H21NO3S/c1-13-7-9-16(10-8-13)24-14(2)19(21)20-11-15-12-22-17-5-3-4-6-18(17)23-15/h3-10,14-15H,11-12H2,1-2H3,(H,20,21)/t14-,15+/m1/s1. The smallest absolute Gasteiger partial charge is 0.233 e. The molecule has 2 aromatic rings. The third-order valence-electron chi connectivity index (χ3n) is 3.77. The molecule has 1 aliphatic heterocycles. The van der Waals surface area contributed by atoms with Crippen molar-refractivity contribution in [3.05, 3.63) is 54.1 Å². The molecule has 4 nitrogen and oxygen atoms in total. The van der Waals surface area contributed by atoms with Crippen molar-refractivity contribution in [3.63, 3.8) is 0 Å². The van der Waals surface area contributed by atoms with Gasteiger partial charge in [-0.05, 0) is 38.1 Å². The van der Waals surface area contributed by atoms with Gasteiger partial charge in [-0.3, -0.25) is 4.79 Å². The van der Waals surface area contributed by atoms with Gasteiger partial charge < -0.3 is 14.8 Å². The number of rotatable bonds is 5. The van der Waals surface area contributed by atoms with Crippen molar-refractivity contribution in [3.8, 4) is 11.5 Å². The summed E-state index contributed by atoms with van der Waals surface area (Å²) in [6.07, 6.45) is -0.166. The van der Waals surface area contributed by atoms with Gasteiger partial charge in [0, 0.05) is 4.90 Å². The fraction of sp³-hybridized carbons (Fsp3) is 0.316. The molecule has 1 N–H and O–H groups in total. The molecule has 2 aromatic carbocycles. The molecular formula is C19H21NO3S. The van der Waals surface area contributed by atoms with E-state index in [1.165, 1.54) is 5.56 Å². The van der Waals surface area contributed by atoms with E-state index in [1.807, 2.05) is 43.3 Å². The van der Waals surface area contributed by atoms with Gasteiger partial charge >= 0.3 is 0 Å². The SMILES string of the molecule is Cc1ccc(S[C@H](C)C(=O)NC[C@H]2COc3ccccc3O2)cc1. The van der Waals surface area contributed by atoms with Crippen LogP contribution in [-0.2, 0) is 4.79 Å². The number of para-hydroxylation sites is 2. The molecule has 1 aliphatic rings. The van der Waals surface area contributed by atoms with Crippen LogP contribution in [0, 0.1) is 6.92 Å². The zero-order chi connectivity index (χ0) is 16.9. The Morgan fingerprint density at radius 1 is 1.21 bits per heavy atom. The van der Waals surface area contributed by atoms with E-state index in [0.717, 1.165) is 16.4 Å². The summed E-state index contributed by atoms with van der Waals surface area (Å²) in [5.41, 5.74) is 1.21. The molecule has 2 atom stereocenters. The highest BCUT2D eigenvalue weighted by atomic mass is 32.2. The van der Waals surface area contributed by atoms with E-state index in [0.29, 0.717) is 13.2 Å². The zero-order valence-corrected chi connectivity index (χ0v) is 14.6.